The molecule has 1 saturated carbocycles. The molecule has 2 aromatic carbocycles. The van der Waals surface area contributed by atoms with Gasteiger partial charge in [-0.1, -0.05) is 16.8 Å². The number of fused-ring (bicyclic) bond motifs is 1. The van der Waals surface area contributed by atoms with Gasteiger partial charge in [-0.25, -0.2) is 0 Å². The fourth-order valence-electron chi connectivity index (χ4n) is 3.77. The average molecular weight is 508 g/mol. The van der Waals surface area contributed by atoms with Crippen molar-refractivity contribution in [1.29, 1.82) is 0 Å². The summed E-state index contributed by atoms with van der Waals surface area (Å²) < 4.78 is 16.5. The number of carbonyl (C=O) groups is 1. The van der Waals surface area contributed by atoms with Crippen molar-refractivity contribution in [3.05, 3.63) is 65.1 Å². The molecule has 2 heterocycles. The Morgan fingerprint density at radius 3 is 2.69 bits per heavy atom. The number of methoxy groups -OCH3 is 1. The lowest BCUT2D eigenvalue weighted by atomic mass is 10.1. The summed E-state index contributed by atoms with van der Waals surface area (Å²) in [5, 5.41) is 11.3. The number of rotatable bonds is 9. The number of hydrogen-bond donors (Lipinski definition) is 3. The first-order valence-corrected chi connectivity index (χ1v) is 11.9. The van der Waals surface area contributed by atoms with E-state index in [2.05, 4.69) is 20.8 Å². The van der Waals surface area contributed by atoms with Crippen LogP contribution in [-0.4, -0.2) is 35.3 Å². The van der Waals surface area contributed by atoms with Gasteiger partial charge in [0, 0.05) is 35.1 Å². The second-order valence-corrected chi connectivity index (χ2v) is 9.41. The van der Waals surface area contributed by atoms with Gasteiger partial charge in [0.25, 0.3) is 0 Å². The first kappa shape index (κ1) is 23.9. The number of amides is 1. The molecule has 2 aromatic heterocycles. The number of nitrogens with one attached hydrogen (secondary N) is 2. The minimum absolute atomic E-state index is 0.0937. The van der Waals surface area contributed by atoms with Crippen molar-refractivity contribution >= 4 is 45.5 Å². The summed E-state index contributed by atoms with van der Waals surface area (Å²) in [6, 6.07) is 12.6. The van der Waals surface area contributed by atoms with Gasteiger partial charge in [-0.15, -0.1) is 0 Å². The molecule has 0 atom stereocenters. The van der Waals surface area contributed by atoms with Gasteiger partial charge in [-0.3, -0.25) is 9.78 Å². The Hall–Kier alpha value is -3.82. The highest BCUT2D eigenvalue weighted by Gasteiger charge is 2.39. The fourth-order valence-corrected chi connectivity index (χ4v) is 4.00. The molecule has 0 bridgehead atoms. The minimum atomic E-state index is -0.239. The number of aromatic nitrogens is 2. The van der Waals surface area contributed by atoms with Crippen LogP contribution in [0.15, 0.2) is 53.2 Å². The third-order valence-corrected chi connectivity index (χ3v) is 6.29. The van der Waals surface area contributed by atoms with Crippen molar-refractivity contribution < 1.29 is 18.8 Å². The quantitative estimate of drug-likeness (QED) is 0.289. The molecule has 1 amide bonds. The highest BCUT2D eigenvalue weighted by molar-refractivity contribution is 6.34. The number of halogens is 1. The van der Waals surface area contributed by atoms with E-state index in [4.69, 9.17) is 31.3 Å². The number of anilines is 3. The number of carbonyl (C=O) groups excluding carboxylic acids is 1. The Kier molecular flexibility index (Phi) is 6.42. The van der Waals surface area contributed by atoms with Crippen LogP contribution >= 0.6 is 11.6 Å². The molecule has 186 valence electrons. The van der Waals surface area contributed by atoms with Crippen molar-refractivity contribution in [2.75, 3.05) is 24.4 Å². The molecule has 0 spiro atoms. The number of hydrogen-bond acceptors (Lipinski definition) is 8. The van der Waals surface area contributed by atoms with E-state index in [0.717, 1.165) is 35.1 Å². The van der Waals surface area contributed by atoms with Crippen LogP contribution in [0.4, 0.5) is 17.1 Å². The third kappa shape index (κ3) is 5.37. The largest absolute Gasteiger partial charge is 0.493 e. The minimum Gasteiger partial charge on any atom is -0.493 e. The van der Waals surface area contributed by atoms with E-state index in [1.807, 2.05) is 24.3 Å². The molecule has 1 fully saturated rings. The van der Waals surface area contributed by atoms with E-state index in [-0.39, 0.29) is 17.9 Å². The van der Waals surface area contributed by atoms with Crippen LogP contribution in [0.2, 0.25) is 5.02 Å². The Bertz CT molecular complexity index is 1430. The molecule has 4 N–H and O–H groups in total. The summed E-state index contributed by atoms with van der Waals surface area (Å²) in [5.74, 6) is 1.62. The maximum atomic E-state index is 12.4. The lowest BCUT2D eigenvalue weighted by Gasteiger charge is -2.16. The van der Waals surface area contributed by atoms with Gasteiger partial charge in [-0.05, 0) is 50.1 Å². The third-order valence-electron chi connectivity index (χ3n) is 5.97. The normalized spacial score (nSPS) is 13.9. The summed E-state index contributed by atoms with van der Waals surface area (Å²) >= 11 is 6.46. The first-order valence-electron chi connectivity index (χ1n) is 11.5. The van der Waals surface area contributed by atoms with E-state index in [1.165, 1.54) is 0 Å². The number of nitrogens with two attached hydrogens (primary N) is 1. The predicted octanol–water partition coefficient (Wildman–Crippen LogP) is 4.99. The number of aryl methyl sites for hydroxylation is 1. The zero-order valence-electron chi connectivity index (χ0n) is 19.9. The van der Waals surface area contributed by atoms with Crippen LogP contribution in [0.25, 0.3) is 10.9 Å². The number of pyridine rings is 1. The van der Waals surface area contributed by atoms with Crippen LogP contribution in [0, 0.1) is 6.92 Å². The summed E-state index contributed by atoms with van der Waals surface area (Å²) in [6.45, 7) is 2.21. The maximum absolute atomic E-state index is 12.4. The fraction of sp³-hybridized carbons (Fsp3) is 0.269. The highest BCUT2D eigenvalue weighted by Crippen LogP contribution is 2.38. The molecule has 0 aliphatic heterocycles. The summed E-state index contributed by atoms with van der Waals surface area (Å²) in [6.07, 6.45) is 3.73. The second kappa shape index (κ2) is 9.67. The van der Waals surface area contributed by atoms with Crippen LogP contribution < -0.4 is 25.8 Å². The first-order chi connectivity index (χ1) is 17.3. The average Bonchev–Trinajstić information content (AvgIpc) is 3.46. The molecule has 0 saturated heterocycles. The van der Waals surface area contributed by atoms with E-state index in [9.17, 15) is 4.79 Å². The van der Waals surface area contributed by atoms with E-state index in [1.54, 1.807) is 38.4 Å². The van der Waals surface area contributed by atoms with Crippen LogP contribution in [-0.2, 0) is 11.2 Å². The molecule has 1 aliphatic rings. The Morgan fingerprint density at radius 2 is 2.00 bits per heavy atom. The topological polar surface area (TPSA) is 125 Å². The van der Waals surface area contributed by atoms with Gasteiger partial charge < -0.3 is 30.4 Å². The van der Waals surface area contributed by atoms with Crippen LogP contribution in [0.1, 0.15) is 24.3 Å². The van der Waals surface area contributed by atoms with Crippen LogP contribution in [0.5, 0.6) is 11.5 Å². The Labute approximate surface area is 212 Å². The molecular weight excluding hydrogens is 482 g/mol. The zero-order valence-corrected chi connectivity index (χ0v) is 20.7. The van der Waals surface area contributed by atoms with Crippen molar-refractivity contribution in [3.8, 4) is 11.5 Å². The molecular formula is C26H26ClN5O4. The molecule has 4 aromatic rings. The van der Waals surface area contributed by atoms with Gasteiger partial charge in [0.15, 0.2) is 11.5 Å². The lowest BCUT2D eigenvalue weighted by molar-refractivity contribution is -0.115. The molecule has 10 heteroatoms. The van der Waals surface area contributed by atoms with Gasteiger partial charge in [-0.2, -0.15) is 0 Å². The Morgan fingerprint density at radius 1 is 1.17 bits per heavy atom. The lowest BCUT2D eigenvalue weighted by Crippen LogP contribution is -2.29. The van der Waals surface area contributed by atoms with E-state index < -0.39 is 0 Å². The molecule has 36 heavy (non-hydrogen) atoms. The van der Waals surface area contributed by atoms with Crippen LogP contribution in [0.3, 0.4) is 0 Å². The maximum Gasteiger partial charge on any atom is 0.230 e. The SMILES string of the molecule is COc1cc2c(Nc3ccc(NC(=O)Cc4cc(C)on4)c(Cl)c3)ccnc2cc1OCC1(N)CC1. The number of ether oxygens (including phenoxy) is 2. The summed E-state index contributed by atoms with van der Waals surface area (Å²) in [5.41, 5.74) is 9.29. The molecule has 9 nitrogen and oxygen atoms in total. The highest BCUT2D eigenvalue weighted by atomic mass is 35.5. The monoisotopic (exact) mass is 507 g/mol. The second-order valence-electron chi connectivity index (χ2n) is 9.00. The standard InChI is InChI=1S/C26H26ClN5O4/c1-15-9-17(32-36-15)11-25(33)31-21-4-3-16(10-19(21)27)30-20-5-8-29-22-13-24(23(34-2)12-18(20)22)35-14-26(28)6-7-26/h3-5,8-10,12-13H,6-7,11,14,28H2,1-2H3,(H,29,30)(H,31,33). The van der Waals surface area contributed by atoms with Gasteiger partial charge in [0.2, 0.25) is 5.91 Å². The molecule has 0 radical (unpaired) electrons. The van der Waals surface area contributed by atoms with Crippen molar-refractivity contribution in [2.45, 2.75) is 31.7 Å². The van der Waals surface area contributed by atoms with E-state index in [0.29, 0.717) is 40.3 Å². The Balaban J connectivity index is 1.32. The van der Waals surface area contributed by atoms with Crippen molar-refractivity contribution in [1.82, 2.24) is 10.1 Å². The van der Waals surface area contributed by atoms with Crippen molar-refractivity contribution in [2.24, 2.45) is 5.73 Å². The number of benzene rings is 2. The van der Waals surface area contributed by atoms with Gasteiger partial charge >= 0.3 is 0 Å². The van der Waals surface area contributed by atoms with E-state index >= 15 is 0 Å². The predicted molar refractivity (Wildman–Crippen MR) is 138 cm³/mol. The number of nitrogens with zero attached hydrogens (tertiary/aromatic N) is 2. The molecule has 1 aliphatic carbocycles. The summed E-state index contributed by atoms with van der Waals surface area (Å²) in [4.78, 5) is 16.8. The van der Waals surface area contributed by atoms with Gasteiger partial charge in [0.05, 0.1) is 41.0 Å². The van der Waals surface area contributed by atoms with Gasteiger partial charge in [0.1, 0.15) is 12.4 Å². The smallest absolute Gasteiger partial charge is 0.230 e. The molecule has 5 rings (SSSR count). The van der Waals surface area contributed by atoms with Crippen molar-refractivity contribution in [3.63, 3.8) is 0 Å². The zero-order chi connectivity index (χ0) is 25.3. The summed E-state index contributed by atoms with van der Waals surface area (Å²) in [7, 11) is 1.60. The molecule has 0 unspecified atom stereocenters.